The molecule has 1 aliphatic heterocycles. The summed E-state index contributed by atoms with van der Waals surface area (Å²) in [4.78, 5) is 26.4. The topological polar surface area (TPSA) is 59.8 Å². The summed E-state index contributed by atoms with van der Waals surface area (Å²) < 4.78 is 11.5. The molecule has 5 nitrogen and oxygen atoms in total. The highest BCUT2D eigenvalue weighted by Crippen LogP contribution is 2.34. The van der Waals surface area contributed by atoms with Gasteiger partial charge in [0, 0.05) is 21.7 Å². The SMILES string of the molecule is Cc1ccc(Cl)cc1-c1ccc(/C=C2\SC(=O)N(CCOc3ccc(Cl)cc3)C2=O)o1. The molecule has 1 fully saturated rings. The molecule has 2 aromatic carbocycles. The van der Waals surface area contributed by atoms with Crippen LogP contribution in [-0.4, -0.2) is 29.2 Å². The molecule has 2 amide bonds. The first-order valence-electron chi connectivity index (χ1n) is 9.41. The number of benzene rings is 2. The lowest BCUT2D eigenvalue weighted by atomic mass is 10.1. The van der Waals surface area contributed by atoms with Crippen LogP contribution < -0.4 is 4.74 Å². The minimum atomic E-state index is -0.369. The molecule has 0 unspecified atom stereocenters. The van der Waals surface area contributed by atoms with Crippen molar-refractivity contribution >= 4 is 52.2 Å². The van der Waals surface area contributed by atoms with Crippen molar-refractivity contribution in [3.8, 4) is 17.1 Å². The summed E-state index contributed by atoms with van der Waals surface area (Å²) in [6, 6.07) is 16.0. The fourth-order valence-corrected chi connectivity index (χ4v) is 4.19. The molecule has 2 heterocycles. The third-order valence-electron chi connectivity index (χ3n) is 4.64. The lowest BCUT2D eigenvalue weighted by Gasteiger charge is -2.13. The maximum atomic E-state index is 12.7. The number of imide groups is 1. The van der Waals surface area contributed by atoms with Crippen molar-refractivity contribution in [2.45, 2.75) is 6.92 Å². The second kappa shape index (κ2) is 9.22. The van der Waals surface area contributed by atoms with Crippen molar-refractivity contribution in [3.05, 3.63) is 80.9 Å². The monoisotopic (exact) mass is 473 g/mol. The van der Waals surface area contributed by atoms with Crippen LogP contribution in [0.3, 0.4) is 0 Å². The number of nitrogens with zero attached hydrogens (tertiary/aromatic N) is 1. The zero-order valence-corrected chi connectivity index (χ0v) is 18.8. The quantitative estimate of drug-likeness (QED) is 0.373. The van der Waals surface area contributed by atoms with Crippen LogP contribution in [-0.2, 0) is 4.79 Å². The van der Waals surface area contributed by atoms with Crippen LogP contribution in [0.4, 0.5) is 4.79 Å². The van der Waals surface area contributed by atoms with Crippen molar-refractivity contribution in [3.63, 3.8) is 0 Å². The molecule has 1 aliphatic rings. The Kier molecular flexibility index (Phi) is 6.41. The van der Waals surface area contributed by atoms with E-state index in [0.717, 1.165) is 27.8 Å². The first-order valence-corrected chi connectivity index (χ1v) is 11.0. The van der Waals surface area contributed by atoms with E-state index in [1.807, 2.05) is 31.2 Å². The summed E-state index contributed by atoms with van der Waals surface area (Å²) >= 11 is 12.8. The largest absolute Gasteiger partial charge is 0.492 e. The number of hydrogen-bond acceptors (Lipinski definition) is 5. The average Bonchev–Trinajstić information content (AvgIpc) is 3.31. The van der Waals surface area contributed by atoms with Gasteiger partial charge in [-0.25, -0.2) is 0 Å². The summed E-state index contributed by atoms with van der Waals surface area (Å²) in [6.07, 6.45) is 1.58. The Morgan fingerprint density at radius 1 is 1.03 bits per heavy atom. The van der Waals surface area contributed by atoms with Crippen molar-refractivity contribution < 1.29 is 18.7 Å². The molecule has 0 N–H and O–H groups in total. The van der Waals surface area contributed by atoms with Crippen molar-refractivity contribution in [2.75, 3.05) is 13.2 Å². The van der Waals surface area contributed by atoms with Crippen LogP contribution in [0.2, 0.25) is 10.0 Å². The van der Waals surface area contributed by atoms with Gasteiger partial charge in [-0.15, -0.1) is 0 Å². The molecule has 1 aromatic heterocycles. The smallest absolute Gasteiger partial charge is 0.293 e. The van der Waals surface area contributed by atoms with Crippen molar-refractivity contribution in [1.82, 2.24) is 4.90 Å². The van der Waals surface area contributed by atoms with E-state index in [-0.39, 0.29) is 24.3 Å². The lowest BCUT2D eigenvalue weighted by Crippen LogP contribution is -2.32. The highest BCUT2D eigenvalue weighted by molar-refractivity contribution is 8.18. The number of carbonyl (C=O) groups is 2. The zero-order valence-electron chi connectivity index (χ0n) is 16.4. The fraction of sp³-hybridized carbons (Fsp3) is 0.130. The highest BCUT2D eigenvalue weighted by atomic mass is 35.5. The number of carbonyl (C=O) groups excluding carboxylic acids is 2. The molecule has 0 radical (unpaired) electrons. The van der Waals surface area contributed by atoms with E-state index in [0.29, 0.717) is 32.2 Å². The minimum absolute atomic E-state index is 0.149. The number of amides is 2. The van der Waals surface area contributed by atoms with Gasteiger partial charge in [0.25, 0.3) is 11.1 Å². The minimum Gasteiger partial charge on any atom is -0.492 e. The molecule has 0 spiro atoms. The summed E-state index contributed by atoms with van der Waals surface area (Å²) in [5, 5.41) is 0.879. The van der Waals surface area contributed by atoms with Gasteiger partial charge in [0.1, 0.15) is 23.9 Å². The molecule has 0 saturated carbocycles. The van der Waals surface area contributed by atoms with Crippen molar-refractivity contribution in [1.29, 1.82) is 0 Å². The van der Waals surface area contributed by atoms with E-state index in [4.69, 9.17) is 32.4 Å². The Hall–Kier alpha value is -2.67. The maximum absolute atomic E-state index is 12.7. The maximum Gasteiger partial charge on any atom is 0.293 e. The van der Waals surface area contributed by atoms with E-state index in [1.165, 1.54) is 0 Å². The van der Waals surface area contributed by atoms with Gasteiger partial charge in [0.15, 0.2) is 0 Å². The van der Waals surface area contributed by atoms with Gasteiger partial charge in [-0.1, -0.05) is 29.3 Å². The van der Waals surface area contributed by atoms with Crippen LogP contribution in [0.25, 0.3) is 17.4 Å². The normalized spacial score (nSPS) is 15.2. The van der Waals surface area contributed by atoms with Crippen LogP contribution in [0, 0.1) is 6.92 Å². The number of ether oxygens (including phenoxy) is 1. The van der Waals surface area contributed by atoms with Crippen molar-refractivity contribution in [2.24, 2.45) is 0 Å². The molecule has 0 atom stereocenters. The second-order valence-corrected chi connectivity index (χ2v) is 8.66. The number of hydrogen-bond donors (Lipinski definition) is 0. The molecular formula is C23H17Cl2NO4S. The third-order valence-corrected chi connectivity index (χ3v) is 6.03. The second-order valence-electron chi connectivity index (χ2n) is 6.80. The van der Waals surface area contributed by atoms with Gasteiger partial charge in [0.05, 0.1) is 11.4 Å². The lowest BCUT2D eigenvalue weighted by molar-refractivity contribution is -0.123. The van der Waals surface area contributed by atoms with E-state index >= 15 is 0 Å². The molecule has 31 heavy (non-hydrogen) atoms. The third kappa shape index (κ3) is 4.98. The number of aryl methyl sites for hydroxylation is 1. The van der Waals surface area contributed by atoms with Gasteiger partial charge in [-0.3, -0.25) is 14.5 Å². The number of halogens is 2. The van der Waals surface area contributed by atoms with E-state index < -0.39 is 0 Å². The predicted octanol–water partition coefficient (Wildman–Crippen LogP) is 6.68. The Morgan fingerprint density at radius 2 is 1.77 bits per heavy atom. The van der Waals surface area contributed by atoms with Crippen LogP contribution in [0.5, 0.6) is 5.75 Å². The Labute approximate surface area is 193 Å². The first kappa shape index (κ1) is 21.6. The number of thioether (sulfide) groups is 1. The van der Waals surface area contributed by atoms with Gasteiger partial charge >= 0.3 is 0 Å². The highest BCUT2D eigenvalue weighted by Gasteiger charge is 2.35. The summed E-state index contributed by atoms with van der Waals surface area (Å²) in [6.45, 7) is 2.30. The Balaban J connectivity index is 1.43. The molecule has 4 rings (SSSR count). The Bertz CT molecular complexity index is 1170. The average molecular weight is 474 g/mol. The molecule has 8 heteroatoms. The fourth-order valence-electron chi connectivity index (χ4n) is 3.04. The Morgan fingerprint density at radius 3 is 2.55 bits per heavy atom. The molecule has 0 bridgehead atoms. The zero-order chi connectivity index (χ0) is 22.0. The van der Waals surface area contributed by atoms with Gasteiger partial charge in [0.2, 0.25) is 0 Å². The molecule has 158 valence electrons. The van der Waals surface area contributed by atoms with E-state index in [2.05, 4.69) is 0 Å². The summed E-state index contributed by atoms with van der Waals surface area (Å²) in [7, 11) is 0. The molecule has 0 aliphatic carbocycles. The van der Waals surface area contributed by atoms with Crippen LogP contribution in [0.15, 0.2) is 63.9 Å². The first-order chi connectivity index (χ1) is 14.9. The van der Waals surface area contributed by atoms with Crippen LogP contribution in [0.1, 0.15) is 11.3 Å². The summed E-state index contributed by atoms with van der Waals surface area (Å²) in [5.41, 5.74) is 1.89. The number of rotatable bonds is 6. The summed E-state index contributed by atoms with van der Waals surface area (Å²) in [5.74, 6) is 1.37. The molecular weight excluding hydrogens is 457 g/mol. The van der Waals surface area contributed by atoms with Gasteiger partial charge in [-0.05, 0) is 72.8 Å². The van der Waals surface area contributed by atoms with E-state index in [9.17, 15) is 9.59 Å². The van der Waals surface area contributed by atoms with E-state index in [1.54, 1.807) is 36.4 Å². The van der Waals surface area contributed by atoms with Gasteiger partial charge < -0.3 is 9.15 Å². The molecule has 1 saturated heterocycles. The number of furan rings is 1. The standard InChI is InChI=1S/C23H17Cl2NO4S/c1-14-2-3-16(25)12-19(14)20-9-8-18(30-20)13-21-22(27)26(23(28)31-21)10-11-29-17-6-4-15(24)5-7-17/h2-9,12-13H,10-11H2,1H3/b21-13-. The van der Waals surface area contributed by atoms with Gasteiger partial charge in [-0.2, -0.15) is 0 Å². The molecule has 3 aromatic rings. The van der Waals surface area contributed by atoms with Crippen LogP contribution >= 0.6 is 35.0 Å². The predicted molar refractivity (Wildman–Crippen MR) is 124 cm³/mol.